The maximum absolute atomic E-state index is 11.6. The van der Waals surface area contributed by atoms with E-state index < -0.39 is 5.97 Å². The average molecular weight is 296 g/mol. The summed E-state index contributed by atoms with van der Waals surface area (Å²) in [7, 11) is 3.17. The summed E-state index contributed by atoms with van der Waals surface area (Å²) >= 11 is 0. The van der Waals surface area contributed by atoms with Gasteiger partial charge in [-0.2, -0.15) is 0 Å². The fourth-order valence-electron chi connectivity index (χ4n) is 2.85. The Labute approximate surface area is 127 Å². The van der Waals surface area contributed by atoms with Gasteiger partial charge in [-0.25, -0.2) is 4.79 Å². The lowest BCUT2D eigenvalue weighted by Crippen LogP contribution is -1.99. The first-order valence-electron chi connectivity index (χ1n) is 6.88. The Balaban J connectivity index is 2.59. The van der Waals surface area contributed by atoms with Crippen molar-refractivity contribution >= 4 is 27.5 Å². The Morgan fingerprint density at radius 3 is 2.41 bits per heavy atom. The largest absolute Gasteiger partial charge is 0.493 e. The second-order valence-electron chi connectivity index (χ2n) is 5.18. The summed E-state index contributed by atoms with van der Waals surface area (Å²) in [6.07, 6.45) is 0. The smallest absolute Gasteiger partial charge is 0.336 e. The van der Waals surface area contributed by atoms with Crippen LogP contribution in [0.25, 0.3) is 21.5 Å². The van der Waals surface area contributed by atoms with Crippen molar-refractivity contribution in [3.8, 4) is 11.5 Å². The van der Waals surface area contributed by atoms with Crippen LogP contribution in [0.5, 0.6) is 11.5 Å². The number of hydrogen-bond donors (Lipinski definition) is 1. The highest BCUT2D eigenvalue weighted by molar-refractivity contribution is 6.18. The number of rotatable bonds is 3. The van der Waals surface area contributed by atoms with Gasteiger partial charge in [0.05, 0.1) is 19.8 Å². The molecular weight excluding hydrogens is 280 g/mol. The van der Waals surface area contributed by atoms with Gasteiger partial charge in [-0.05, 0) is 35.2 Å². The van der Waals surface area contributed by atoms with Gasteiger partial charge >= 0.3 is 5.97 Å². The molecule has 0 bridgehead atoms. The van der Waals surface area contributed by atoms with Gasteiger partial charge in [0.15, 0.2) is 11.5 Å². The highest BCUT2D eigenvalue weighted by atomic mass is 16.5. The van der Waals surface area contributed by atoms with E-state index in [0.717, 1.165) is 21.7 Å². The quantitative estimate of drug-likeness (QED) is 0.742. The van der Waals surface area contributed by atoms with Crippen LogP contribution in [-0.4, -0.2) is 25.3 Å². The van der Waals surface area contributed by atoms with E-state index >= 15 is 0 Å². The van der Waals surface area contributed by atoms with E-state index in [1.165, 1.54) is 0 Å². The second-order valence-corrected chi connectivity index (χ2v) is 5.18. The summed E-state index contributed by atoms with van der Waals surface area (Å²) in [6, 6.07) is 11.0. The van der Waals surface area contributed by atoms with Crippen molar-refractivity contribution in [1.29, 1.82) is 0 Å². The molecule has 3 aromatic rings. The van der Waals surface area contributed by atoms with Crippen molar-refractivity contribution in [1.82, 2.24) is 0 Å². The van der Waals surface area contributed by atoms with Crippen molar-refractivity contribution in [2.45, 2.75) is 6.92 Å². The normalized spacial score (nSPS) is 10.9. The summed E-state index contributed by atoms with van der Waals surface area (Å²) in [4.78, 5) is 11.6. The van der Waals surface area contributed by atoms with E-state index in [4.69, 9.17) is 9.47 Å². The van der Waals surface area contributed by atoms with Crippen LogP contribution in [0.4, 0.5) is 0 Å². The lowest BCUT2D eigenvalue weighted by molar-refractivity contribution is 0.0699. The number of methoxy groups -OCH3 is 2. The Bertz CT molecular complexity index is 897. The van der Waals surface area contributed by atoms with Gasteiger partial charge in [-0.15, -0.1) is 0 Å². The fourth-order valence-corrected chi connectivity index (χ4v) is 2.85. The molecule has 0 spiro atoms. The summed E-state index contributed by atoms with van der Waals surface area (Å²) in [5.41, 5.74) is 1.34. The van der Waals surface area contributed by atoms with Crippen LogP contribution in [0.15, 0.2) is 36.4 Å². The molecule has 0 atom stereocenters. The molecule has 0 amide bonds. The molecule has 0 aromatic heterocycles. The number of carboxylic acids is 1. The van der Waals surface area contributed by atoms with Crippen LogP contribution in [0.2, 0.25) is 0 Å². The second kappa shape index (κ2) is 5.22. The molecule has 1 N–H and O–H groups in total. The number of aryl methyl sites for hydroxylation is 1. The molecule has 0 saturated heterocycles. The Hall–Kier alpha value is -2.75. The first kappa shape index (κ1) is 14.2. The maximum Gasteiger partial charge on any atom is 0.336 e. The highest BCUT2D eigenvalue weighted by Gasteiger charge is 2.17. The molecule has 3 rings (SSSR count). The molecule has 0 heterocycles. The van der Waals surface area contributed by atoms with E-state index in [-0.39, 0.29) is 5.56 Å². The number of hydrogen-bond acceptors (Lipinski definition) is 3. The molecule has 0 unspecified atom stereocenters. The van der Waals surface area contributed by atoms with Gasteiger partial charge in [-0.1, -0.05) is 29.8 Å². The topological polar surface area (TPSA) is 55.8 Å². The van der Waals surface area contributed by atoms with E-state index in [9.17, 15) is 9.90 Å². The zero-order chi connectivity index (χ0) is 15.9. The van der Waals surface area contributed by atoms with Crippen molar-refractivity contribution in [3.63, 3.8) is 0 Å². The van der Waals surface area contributed by atoms with Gasteiger partial charge in [0.1, 0.15) is 0 Å². The Morgan fingerprint density at radius 2 is 1.77 bits per heavy atom. The summed E-state index contributed by atoms with van der Waals surface area (Å²) in [6.45, 7) is 1.98. The molecule has 112 valence electrons. The van der Waals surface area contributed by atoms with Crippen LogP contribution >= 0.6 is 0 Å². The average Bonchev–Trinajstić information content (AvgIpc) is 2.52. The number of aromatic carboxylic acids is 1. The molecule has 22 heavy (non-hydrogen) atoms. The third-order valence-corrected chi connectivity index (χ3v) is 3.84. The zero-order valence-electron chi connectivity index (χ0n) is 12.6. The molecule has 0 aliphatic rings. The van der Waals surface area contributed by atoms with E-state index in [1.807, 2.05) is 31.2 Å². The molecule has 0 aliphatic heterocycles. The molecule has 0 saturated carbocycles. The number of carbonyl (C=O) groups is 1. The van der Waals surface area contributed by atoms with Crippen LogP contribution in [0.1, 0.15) is 15.9 Å². The van der Waals surface area contributed by atoms with E-state index in [1.54, 1.807) is 26.4 Å². The number of carboxylic acid groups (broad SMARTS) is 1. The predicted octanol–water partition coefficient (Wildman–Crippen LogP) is 4.02. The molecule has 4 heteroatoms. The van der Waals surface area contributed by atoms with Crippen molar-refractivity contribution < 1.29 is 19.4 Å². The van der Waals surface area contributed by atoms with Gasteiger partial charge in [0.2, 0.25) is 0 Å². The number of fused-ring (bicyclic) bond motifs is 3. The van der Waals surface area contributed by atoms with Crippen molar-refractivity contribution in [2.24, 2.45) is 0 Å². The van der Waals surface area contributed by atoms with Crippen LogP contribution < -0.4 is 9.47 Å². The lowest BCUT2D eigenvalue weighted by atomic mass is 9.95. The van der Waals surface area contributed by atoms with Crippen molar-refractivity contribution in [3.05, 3.63) is 47.5 Å². The first-order valence-corrected chi connectivity index (χ1v) is 6.88. The molecule has 0 radical (unpaired) electrons. The summed E-state index contributed by atoms with van der Waals surface area (Å²) in [5, 5.41) is 12.7. The van der Waals surface area contributed by atoms with E-state index in [2.05, 4.69) is 0 Å². The van der Waals surface area contributed by atoms with Crippen LogP contribution in [0, 0.1) is 6.92 Å². The predicted molar refractivity (Wildman–Crippen MR) is 86.3 cm³/mol. The SMILES string of the molecule is COc1ccc2cc(C(=O)O)c3ccc(C)cc3c2c1OC. The summed E-state index contributed by atoms with van der Waals surface area (Å²) < 4.78 is 10.9. The maximum atomic E-state index is 11.6. The Morgan fingerprint density at radius 1 is 1.00 bits per heavy atom. The fraction of sp³-hybridized carbons (Fsp3) is 0.167. The zero-order valence-corrected chi connectivity index (χ0v) is 12.6. The minimum atomic E-state index is -0.939. The minimum Gasteiger partial charge on any atom is -0.493 e. The van der Waals surface area contributed by atoms with Gasteiger partial charge < -0.3 is 14.6 Å². The lowest BCUT2D eigenvalue weighted by Gasteiger charge is -2.14. The monoisotopic (exact) mass is 296 g/mol. The summed E-state index contributed by atoms with van der Waals surface area (Å²) in [5.74, 6) is 0.305. The molecule has 0 fully saturated rings. The Kier molecular flexibility index (Phi) is 3.37. The third-order valence-electron chi connectivity index (χ3n) is 3.84. The number of benzene rings is 3. The molecule has 0 aliphatic carbocycles. The van der Waals surface area contributed by atoms with Gasteiger partial charge in [0.25, 0.3) is 0 Å². The van der Waals surface area contributed by atoms with Crippen LogP contribution in [-0.2, 0) is 0 Å². The highest BCUT2D eigenvalue weighted by Crippen LogP contribution is 2.41. The first-order chi connectivity index (χ1) is 10.6. The van der Waals surface area contributed by atoms with Gasteiger partial charge in [-0.3, -0.25) is 0 Å². The van der Waals surface area contributed by atoms with Gasteiger partial charge in [0, 0.05) is 5.39 Å². The van der Waals surface area contributed by atoms with Crippen LogP contribution in [0.3, 0.4) is 0 Å². The molecule has 4 nitrogen and oxygen atoms in total. The van der Waals surface area contributed by atoms with E-state index in [0.29, 0.717) is 16.9 Å². The minimum absolute atomic E-state index is 0.287. The van der Waals surface area contributed by atoms with Crippen molar-refractivity contribution in [2.75, 3.05) is 14.2 Å². The standard InChI is InChI=1S/C18H16O4/c1-10-4-6-12-13(8-10)16-11(9-14(12)18(19)20)5-7-15(21-2)17(16)22-3/h4-9H,1-3H3,(H,19,20). The molecule has 3 aromatic carbocycles. The molecular formula is C18H16O4. The third kappa shape index (κ3) is 2.04. The number of ether oxygens (including phenoxy) is 2.